The summed E-state index contributed by atoms with van der Waals surface area (Å²) < 4.78 is 0. The van der Waals surface area contributed by atoms with Gasteiger partial charge < -0.3 is 15.1 Å². The summed E-state index contributed by atoms with van der Waals surface area (Å²) >= 11 is 0. The number of anilines is 2. The Morgan fingerprint density at radius 1 is 1.29 bits per heavy atom. The number of rotatable bonds is 3. The third kappa shape index (κ3) is 3.32. The monoisotopic (exact) mass is 287 g/mol. The fraction of sp³-hybridized carbons (Fsp3) is 0.533. The van der Waals surface area contributed by atoms with Crippen molar-refractivity contribution in [1.29, 1.82) is 0 Å². The Kier molecular flexibility index (Phi) is 4.03. The molecule has 0 spiro atoms. The molecule has 1 unspecified atom stereocenters. The molecule has 1 amide bonds. The van der Waals surface area contributed by atoms with Gasteiger partial charge >= 0.3 is 0 Å². The molecule has 1 aromatic heterocycles. The number of allylic oxidation sites excluding steroid dienone is 1. The number of carbonyl (C=O) groups is 1. The van der Waals surface area contributed by atoms with Gasteiger partial charge in [-0.1, -0.05) is 12.2 Å². The molecule has 1 aromatic rings. The fourth-order valence-corrected chi connectivity index (χ4v) is 2.69. The molecule has 1 aliphatic carbocycles. The molecule has 0 bridgehead atoms. The second-order valence-corrected chi connectivity index (χ2v) is 5.62. The summed E-state index contributed by atoms with van der Waals surface area (Å²) in [6.45, 7) is 1.93. The van der Waals surface area contributed by atoms with E-state index in [-0.39, 0.29) is 5.91 Å². The van der Waals surface area contributed by atoms with E-state index in [0.29, 0.717) is 12.6 Å². The number of nitrogens with zero attached hydrogens (tertiary/aromatic N) is 4. The van der Waals surface area contributed by atoms with Gasteiger partial charge in [-0.25, -0.2) is 9.97 Å². The normalized spacial score (nSPS) is 22.5. The Morgan fingerprint density at radius 3 is 2.95 bits per heavy atom. The van der Waals surface area contributed by atoms with Crippen LogP contribution in [0, 0.1) is 0 Å². The summed E-state index contributed by atoms with van der Waals surface area (Å²) in [4.78, 5) is 24.2. The first kappa shape index (κ1) is 13.9. The average Bonchev–Trinajstić information content (AvgIpc) is 2.51. The molecule has 3 rings (SSSR count). The summed E-state index contributed by atoms with van der Waals surface area (Å²) in [5, 5.41) is 3.46. The Balaban J connectivity index is 1.68. The number of nitrogens with one attached hydrogen (secondary N) is 1. The highest BCUT2D eigenvalue weighted by molar-refractivity contribution is 5.82. The van der Waals surface area contributed by atoms with Crippen molar-refractivity contribution < 1.29 is 4.79 Å². The largest absolute Gasteiger partial charge is 0.367 e. The van der Waals surface area contributed by atoms with Crippen LogP contribution in [0.5, 0.6) is 0 Å². The number of piperazine rings is 1. The molecule has 6 heteroatoms. The summed E-state index contributed by atoms with van der Waals surface area (Å²) in [6, 6.07) is 2.38. The zero-order valence-corrected chi connectivity index (χ0v) is 12.3. The molecule has 2 heterocycles. The van der Waals surface area contributed by atoms with Crippen molar-refractivity contribution in [3.05, 3.63) is 24.5 Å². The van der Waals surface area contributed by atoms with E-state index in [1.165, 1.54) is 0 Å². The minimum absolute atomic E-state index is 0.131. The molecule has 1 saturated heterocycles. The van der Waals surface area contributed by atoms with Crippen LogP contribution in [0.15, 0.2) is 24.5 Å². The van der Waals surface area contributed by atoms with Crippen molar-refractivity contribution in [1.82, 2.24) is 14.9 Å². The lowest BCUT2D eigenvalue weighted by Crippen LogP contribution is -2.48. The smallest absolute Gasteiger partial charge is 0.241 e. The van der Waals surface area contributed by atoms with Crippen molar-refractivity contribution in [2.75, 3.05) is 36.9 Å². The van der Waals surface area contributed by atoms with Crippen molar-refractivity contribution in [2.24, 2.45) is 0 Å². The van der Waals surface area contributed by atoms with E-state index >= 15 is 0 Å². The van der Waals surface area contributed by atoms with Gasteiger partial charge in [0.05, 0.1) is 6.54 Å². The van der Waals surface area contributed by atoms with E-state index in [2.05, 4.69) is 27.4 Å². The van der Waals surface area contributed by atoms with E-state index in [1.807, 2.05) is 18.0 Å². The highest BCUT2D eigenvalue weighted by atomic mass is 16.2. The Morgan fingerprint density at radius 2 is 2.19 bits per heavy atom. The molecule has 1 N–H and O–H groups in total. The topological polar surface area (TPSA) is 61.4 Å². The molecule has 0 saturated carbocycles. The molecule has 112 valence electrons. The SMILES string of the molecule is CN1CCN(c2cc(NC3CC=CCC3)ncn2)CC1=O. The van der Waals surface area contributed by atoms with Crippen LogP contribution in [0.25, 0.3) is 0 Å². The van der Waals surface area contributed by atoms with E-state index in [1.54, 1.807) is 11.2 Å². The molecule has 0 aromatic carbocycles. The highest BCUT2D eigenvalue weighted by Crippen LogP contribution is 2.19. The lowest BCUT2D eigenvalue weighted by atomic mass is 10.0. The number of aromatic nitrogens is 2. The van der Waals surface area contributed by atoms with Crippen LogP contribution >= 0.6 is 0 Å². The third-order valence-electron chi connectivity index (χ3n) is 4.05. The van der Waals surface area contributed by atoms with E-state index < -0.39 is 0 Å². The number of hydrogen-bond acceptors (Lipinski definition) is 5. The lowest BCUT2D eigenvalue weighted by Gasteiger charge is -2.32. The Hall–Kier alpha value is -2.11. The average molecular weight is 287 g/mol. The maximum Gasteiger partial charge on any atom is 0.241 e. The van der Waals surface area contributed by atoms with Gasteiger partial charge in [-0.05, 0) is 19.3 Å². The van der Waals surface area contributed by atoms with Crippen molar-refractivity contribution in [3.63, 3.8) is 0 Å². The van der Waals surface area contributed by atoms with Crippen LogP contribution in [0.4, 0.5) is 11.6 Å². The predicted molar refractivity (Wildman–Crippen MR) is 82.3 cm³/mol. The van der Waals surface area contributed by atoms with Crippen LogP contribution in [-0.2, 0) is 4.79 Å². The number of hydrogen-bond donors (Lipinski definition) is 1. The van der Waals surface area contributed by atoms with Crippen LogP contribution in [0.3, 0.4) is 0 Å². The quantitative estimate of drug-likeness (QED) is 0.849. The second kappa shape index (κ2) is 6.11. The maximum absolute atomic E-state index is 11.8. The van der Waals surface area contributed by atoms with E-state index in [9.17, 15) is 4.79 Å². The van der Waals surface area contributed by atoms with Crippen LogP contribution in [-0.4, -0.2) is 53.5 Å². The van der Waals surface area contributed by atoms with Crippen molar-refractivity contribution in [2.45, 2.75) is 25.3 Å². The summed E-state index contributed by atoms with van der Waals surface area (Å²) in [5.41, 5.74) is 0. The highest BCUT2D eigenvalue weighted by Gasteiger charge is 2.22. The van der Waals surface area contributed by atoms with Gasteiger partial charge in [-0.2, -0.15) is 0 Å². The first-order valence-electron chi connectivity index (χ1n) is 7.45. The van der Waals surface area contributed by atoms with Gasteiger partial charge in [0.15, 0.2) is 0 Å². The number of likely N-dealkylation sites (N-methyl/N-ethyl adjacent to an activating group) is 1. The number of amides is 1. The molecular weight excluding hydrogens is 266 g/mol. The Labute approximate surface area is 124 Å². The van der Waals surface area contributed by atoms with Gasteiger partial charge in [0.1, 0.15) is 18.0 Å². The molecule has 6 nitrogen and oxygen atoms in total. The van der Waals surface area contributed by atoms with Gasteiger partial charge in [0, 0.05) is 32.2 Å². The first-order valence-corrected chi connectivity index (χ1v) is 7.45. The second-order valence-electron chi connectivity index (χ2n) is 5.62. The summed E-state index contributed by atoms with van der Waals surface area (Å²) in [7, 11) is 1.84. The van der Waals surface area contributed by atoms with Gasteiger partial charge in [0.2, 0.25) is 5.91 Å². The third-order valence-corrected chi connectivity index (χ3v) is 4.05. The van der Waals surface area contributed by atoms with E-state index in [4.69, 9.17) is 0 Å². The fourth-order valence-electron chi connectivity index (χ4n) is 2.69. The van der Waals surface area contributed by atoms with Crippen LogP contribution in [0.1, 0.15) is 19.3 Å². The molecule has 2 aliphatic rings. The standard InChI is InChI=1S/C15H21N5O/c1-19-7-8-20(10-15(19)21)14-9-13(16-11-17-14)18-12-5-3-2-4-6-12/h2-3,9,11-12H,4-8,10H2,1H3,(H,16,17,18). The van der Waals surface area contributed by atoms with E-state index in [0.717, 1.165) is 44.0 Å². The predicted octanol–water partition coefficient (Wildman–Crippen LogP) is 1.28. The molecule has 1 atom stereocenters. The van der Waals surface area contributed by atoms with Crippen molar-refractivity contribution >= 4 is 17.5 Å². The van der Waals surface area contributed by atoms with Crippen LogP contribution in [0.2, 0.25) is 0 Å². The molecular formula is C15H21N5O. The lowest BCUT2D eigenvalue weighted by molar-refractivity contribution is -0.129. The molecule has 1 aliphatic heterocycles. The molecule has 1 fully saturated rings. The molecule has 0 radical (unpaired) electrons. The summed E-state index contributed by atoms with van der Waals surface area (Å²) in [5.74, 6) is 1.79. The zero-order chi connectivity index (χ0) is 14.7. The minimum atomic E-state index is 0.131. The Bertz CT molecular complexity index is 545. The zero-order valence-electron chi connectivity index (χ0n) is 12.3. The first-order chi connectivity index (χ1) is 10.2. The number of carbonyl (C=O) groups excluding carboxylic acids is 1. The maximum atomic E-state index is 11.8. The minimum Gasteiger partial charge on any atom is -0.367 e. The molecule has 21 heavy (non-hydrogen) atoms. The van der Waals surface area contributed by atoms with Crippen LogP contribution < -0.4 is 10.2 Å². The van der Waals surface area contributed by atoms with Gasteiger partial charge in [0.25, 0.3) is 0 Å². The van der Waals surface area contributed by atoms with Gasteiger partial charge in [-0.3, -0.25) is 4.79 Å². The summed E-state index contributed by atoms with van der Waals surface area (Å²) in [6.07, 6.45) is 9.28. The van der Waals surface area contributed by atoms with Crippen molar-refractivity contribution in [3.8, 4) is 0 Å². The van der Waals surface area contributed by atoms with Gasteiger partial charge in [-0.15, -0.1) is 0 Å².